The number of carbonyl (C=O) groups is 2. The molecule has 9 heteroatoms. The Hall–Kier alpha value is -2.65. The second kappa shape index (κ2) is 10.2. The predicted octanol–water partition coefficient (Wildman–Crippen LogP) is 2.42. The monoisotopic (exact) mass is 422 g/mol. The van der Waals surface area contributed by atoms with Gasteiger partial charge in [-0.3, -0.25) is 9.59 Å². The van der Waals surface area contributed by atoms with E-state index in [4.69, 9.17) is 4.42 Å². The van der Waals surface area contributed by atoms with E-state index in [0.29, 0.717) is 17.9 Å². The summed E-state index contributed by atoms with van der Waals surface area (Å²) in [5, 5.41) is 0. The summed E-state index contributed by atoms with van der Waals surface area (Å²) >= 11 is 0. The lowest BCUT2D eigenvalue weighted by atomic mass is 10.1. The van der Waals surface area contributed by atoms with Gasteiger partial charge in [-0.2, -0.15) is 0 Å². The van der Waals surface area contributed by atoms with Crippen molar-refractivity contribution in [2.45, 2.75) is 31.7 Å². The number of methoxy groups -OCH3 is 1. The zero-order chi connectivity index (χ0) is 21.4. The Morgan fingerprint density at radius 1 is 1.17 bits per heavy atom. The Morgan fingerprint density at radius 3 is 2.41 bits per heavy atom. The van der Waals surface area contributed by atoms with Gasteiger partial charge >= 0.3 is 5.97 Å². The van der Waals surface area contributed by atoms with Crippen LogP contribution in [0.4, 0.5) is 0 Å². The number of nitrogens with one attached hydrogen (secondary N) is 1. The van der Waals surface area contributed by atoms with Gasteiger partial charge in [-0.25, -0.2) is 13.1 Å². The van der Waals surface area contributed by atoms with E-state index in [0.717, 1.165) is 0 Å². The fourth-order valence-electron chi connectivity index (χ4n) is 2.67. The van der Waals surface area contributed by atoms with Gasteiger partial charge in [0.25, 0.3) is 5.91 Å². The van der Waals surface area contributed by atoms with E-state index in [2.05, 4.69) is 9.46 Å². The summed E-state index contributed by atoms with van der Waals surface area (Å²) in [5.74, 6) is 0.0445. The van der Waals surface area contributed by atoms with Crippen LogP contribution in [-0.2, 0) is 26.1 Å². The Kier molecular flexibility index (Phi) is 7.98. The fraction of sp³-hybridized carbons (Fsp3) is 0.400. The molecule has 0 spiro atoms. The number of carbonyl (C=O) groups excluding carboxylic acids is 2. The number of hydrogen-bond acceptors (Lipinski definition) is 6. The van der Waals surface area contributed by atoms with Crippen molar-refractivity contribution in [3.8, 4) is 0 Å². The largest absolute Gasteiger partial charge is 0.469 e. The number of esters is 1. The van der Waals surface area contributed by atoms with Crippen molar-refractivity contribution in [1.82, 2.24) is 9.62 Å². The topological polar surface area (TPSA) is 106 Å². The zero-order valence-corrected chi connectivity index (χ0v) is 17.6. The highest BCUT2D eigenvalue weighted by atomic mass is 32.2. The van der Waals surface area contributed by atoms with Crippen molar-refractivity contribution in [2.24, 2.45) is 5.92 Å². The second-order valence-corrected chi connectivity index (χ2v) is 8.67. The first-order valence-corrected chi connectivity index (χ1v) is 10.7. The molecule has 0 unspecified atom stereocenters. The maximum absolute atomic E-state index is 12.8. The number of sulfonamides is 1. The van der Waals surface area contributed by atoms with Crippen molar-refractivity contribution in [1.29, 1.82) is 0 Å². The van der Waals surface area contributed by atoms with E-state index >= 15 is 0 Å². The molecule has 1 aromatic carbocycles. The quantitative estimate of drug-likeness (QED) is 0.590. The Labute approximate surface area is 170 Å². The molecular formula is C20H26N2O6S. The SMILES string of the molecule is COC(=O)CCN(CC(C)C)C(=O)c1ccc(S(=O)(=O)NCc2ccco2)cc1. The average Bonchev–Trinajstić information content (AvgIpc) is 3.22. The Bertz CT molecular complexity index is 905. The Balaban J connectivity index is 2.09. The summed E-state index contributed by atoms with van der Waals surface area (Å²) in [6, 6.07) is 9.04. The predicted molar refractivity (Wildman–Crippen MR) is 107 cm³/mol. The molecule has 1 aromatic heterocycles. The second-order valence-electron chi connectivity index (χ2n) is 6.90. The molecule has 158 valence electrons. The van der Waals surface area contributed by atoms with Gasteiger partial charge in [0.05, 0.1) is 31.2 Å². The molecule has 29 heavy (non-hydrogen) atoms. The lowest BCUT2D eigenvalue weighted by Gasteiger charge is -2.24. The van der Waals surface area contributed by atoms with Crippen LogP contribution in [0.15, 0.2) is 52.0 Å². The fourth-order valence-corrected chi connectivity index (χ4v) is 3.66. The molecule has 1 amide bonds. The normalized spacial score (nSPS) is 11.4. The van der Waals surface area contributed by atoms with Gasteiger partial charge in [-0.05, 0) is 42.3 Å². The molecule has 0 fully saturated rings. The number of nitrogens with zero attached hydrogens (tertiary/aromatic N) is 1. The molecule has 0 aliphatic rings. The number of furan rings is 1. The molecule has 0 aliphatic heterocycles. The number of amides is 1. The molecule has 0 atom stereocenters. The van der Waals surface area contributed by atoms with Crippen LogP contribution in [0.2, 0.25) is 0 Å². The lowest BCUT2D eigenvalue weighted by Crippen LogP contribution is -2.36. The van der Waals surface area contributed by atoms with E-state index in [1.807, 2.05) is 13.8 Å². The van der Waals surface area contributed by atoms with Crippen LogP contribution in [0.3, 0.4) is 0 Å². The van der Waals surface area contributed by atoms with E-state index in [1.54, 1.807) is 17.0 Å². The van der Waals surface area contributed by atoms with Crippen molar-refractivity contribution >= 4 is 21.9 Å². The van der Waals surface area contributed by atoms with Crippen molar-refractivity contribution in [2.75, 3.05) is 20.2 Å². The maximum atomic E-state index is 12.8. The molecule has 0 bridgehead atoms. The molecule has 8 nitrogen and oxygen atoms in total. The first-order valence-electron chi connectivity index (χ1n) is 9.21. The standard InChI is InChI=1S/C20H26N2O6S/c1-15(2)14-22(11-10-19(23)27-3)20(24)16-6-8-18(9-7-16)29(25,26)21-13-17-5-4-12-28-17/h4-9,12,15,21H,10-11,13-14H2,1-3H3. The first-order chi connectivity index (χ1) is 13.7. The highest BCUT2D eigenvalue weighted by molar-refractivity contribution is 7.89. The summed E-state index contributed by atoms with van der Waals surface area (Å²) < 4.78 is 37.0. The van der Waals surface area contributed by atoms with Crippen molar-refractivity contribution in [3.63, 3.8) is 0 Å². The number of hydrogen-bond donors (Lipinski definition) is 1. The van der Waals surface area contributed by atoms with Crippen molar-refractivity contribution < 1.29 is 27.2 Å². The highest BCUT2D eigenvalue weighted by Gasteiger charge is 2.20. The van der Waals surface area contributed by atoms with Gasteiger partial charge in [0.1, 0.15) is 5.76 Å². The van der Waals surface area contributed by atoms with Gasteiger partial charge in [0.15, 0.2) is 0 Å². The Morgan fingerprint density at radius 2 is 1.86 bits per heavy atom. The van der Waals surface area contributed by atoms with E-state index < -0.39 is 16.0 Å². The van der Waals surface area contributed by atoms with E-state index in [-0.39, 0.29) is 36.2 Å². The van der Waals surface area contributed by atoms with E-state index in [9.17, 15) is 18.0 Å². The third-order valence-corrected chi connectivity index (χ3v) is 5.53. The van der Waals surface area contributed by atoms with Crippen LogP contribution in [0, 0.1) is 5.92 Å². The molecule has 2 aromatic rings. The van der Waals surface area contributed by atoms with Gasteiger partial charge in [0.2, 0.25) is 10.0 Å². The third-order valence-electron chi connectivity index (χ3n) is 4.11. The summed E-state index contributed by atoms with van der Waals surface area (Å²) in [6.07, 6.45) is 1.56. The molecule has 1 N–H and O–H groups in total. The summed E-state index contributed by atoms with van der Waals surface area (Å²) in [5.41, 5.74) is 0.348. The van der Waals surface area contributed by atoms with Crippen LogP contribution >= 0.6 is 0 Å². The summed E-state index contributed by atoms with van der Waals surface area (Å²) in [6.45, 7) is 4.68. The number of benzene rings is 1. The molecular weight excluding hydrogens is 396 g/mol. The lowest BCUT2D eigenvalue weighted by molar-refractivity contribution is -0.140. The molecule has 0 radical (unpaired) electrons. The van der Waals surface area contributed by atoms with Crippen LogP contribution in [0.25, 0.3) is 0 Å². The zero-order valence-electron chi connectivity index (χ0n) is 16.8. The van der Waals surface area contributed by atoms with Crippen LogP contribution < -0.4 is 4.72 Å². The van der Waals surface area contributed by atoms with Crippen molar-refractivity contribution in [3.05, 3.63) is 54.0 Å². The van der Waals surface area contributed by atoms with Crippen LogP contribution in [0.1, 0.15) is 36.4 Å². The molecule has 0 saturated heterocycles. The number of rotatable bonds is 10. The average molecular weight is 423 g/mol. The summed E-state index contributed by atoms with van der Waals surface area (Å²) in [4.78, 5) is 25.9. The minimum absolute atomic E-state index is 0.0334. The first kappa shape index (κ1) is 22.6. The summed E-state index contributed by atoms with van der Waals surface area (Å²) in [7, 11) is -2.44. The highest BCUT2D eigenvalue weighted by Crippen LogP contribution is 2.14. The van der Waals surface area contributed by atoms with Crippen LogP contribution in [0.5, 0.6) is 0 Å². The molecule has 0 saturated carbocycles. The maximum Gasteiger partial charge on any atom is 0.307 e. The minimum atomic E-state index is -3.74. The molecule has 2 rings (SSSR count). The third kappa shape index (κ3) is 6.72. The molecule has 0 aliphatic carbocycles. The van der Waals surface area contributed by atoms with Gasteiger partial charge < -0.3 is 14.1 Å². The van der Waals surface area contributed by atoms with Gasteiger partial charge in [-0.15, -0.1) is 0 Å². The van der Waals surface area contributed by atoms with Gasteiger partial charge in [0, 0.05) is 18.7 Å². The number of ether oxygens (including phenoxy) is 1. The van der Waals surface area contributed by atoms with E-state index in [1.165, 1.54) is 37.6 Å². The van der Waals surface area contributed by atoms with Crippen LogP contribution in [-0.4, -0.2) is 45.4 Å². The minimum Gasteiger partial charge on any atom is -0.469 e. The van der Waals surface area contributed by atoms with Gasteiger partial charge in [-0.1, -0.05) is 13.8 Å². The molecule has 1 heterocycles. The smallest absolute Gasteiger partial charge is 0.307 e.